The van der Waals surface area contributed by atoms with E-state index in [1.54, 1.807) is 12.1 Å². The van der Waals surface area contributed by atoms with E-state index in [4.69, 9.17) is 11.6 Å². The van der Waals surface area contributed by atoms with E-state index in [2.05, 4.69) is 5.32 Å². The summed E-state index contributed by atoms with van der Waals surface area (Å²) in [4.78, 5) is 0. The van der Waals surface area contributed by atoms with Gasteiger partial charge in [-0.05, 0) is 43.0 Å². The van der Waals surface area contributed by atoms with Gasteiger partial charge in [-0.3, -0.25) is 0 Å². The second kappa shape index (κ2) is 5.39. The number of nitrogens with one attached hydrogen (secondary N) is 1. The fourth-order valence-electron chi connectivity index (χ4n) is 2.21. The van der Waals surface area contributed by atoms with Crippen LogP contribution in [-0.4, -0.2) is 18.6 Å². The minimum absolute atomic E-state index is 0.104. The summed E-state index contributed by atoms with van der Waals surface area (Å²) in [7, 11) is 1.89. The number of halogens is 2. The number of hydrogen-bond acceptors (Lipinski definition) is 2. The summed E-state index contributed by atoms with van der Waals surface area (Å²) < 4.78 is 13.8. The van der Waals surface area contributed by atoms with Crippen molar-refractivity contribution in [3.63, 3.8) is 0 Å². The van der Waals surface area contributed by atoms with Gasteiger partial charge >= 0.3 is 0 Å². The van der Waals surface area contributed by atoms with Crippen LogP contribution in [0.3, 0.4) is 0 Å². The van der Waals surface area contributed by atoms with E-state index in [0.717, 1.165) is 17.7 Å². The van der Waals surface area contributed by atoms with E-state index in [1.807, 2.05) is 18.8 Å². The summed E-state index contributed by atoms with van der Waals surface area (Å²) >= 11 is 7.70. The molecule has 0 saturated carbocycles. The maximum Gasteiger partial charge on any atom is 0.129 e. The Kier molecular flexibility index (Phi) is 4.11. The first kappa shape index (κ1) is 12.2. The molecule has 1 nitrogen and oxygen atoms in total. The summed E-state index contributed by atoms with van der Waals surface area (Å²) in [6.45, 7) is 0. The molecule has 2 rings (SSSR count). The van der Waals surface area contributed by atoms with Gasteiger partial charge in [0.2, 0.25) is 0 Å². The molecular formula is C12H15ClFNS. The van der Waals surface area contributed by atoms with Gasteiger partial charge in [-0.2, -0.15) is 11.8 Å². The Morgan fingerprint density at radius 3 is 2.94 bits per heavy atom. The summed E-state index contributed by atoms with van der Waals surface area (Å²) in [5.74, 6) is 2.60. The molecule has 0 aromatic heterocycles. The molecule has 0 amide bonds. The maximum absolute atomic E-state index is 13.8. The first-order chi connectivity index (χ1) is 7.72. The van der Waals surface area contributed by atoms with Gasteiger partial charge < -0.3 is 5.32 Å². The van der Waals surface area contributed by atoms with Crippen molar-refractivity contribution < 1.29 is 4.39 Å². The second-order valence-electron chi connectivity index (χ2n) is 4.06. The topological polar surface area (TPSA) is 12.0 Å². The third-order valence-electron chi connectivity index (χ3n) is 3.04. The van der Waals surface area contributed by atoms with Crippen LogP contribution in [0.1, 0.15) is 18.0 Å². The van der Waals surface area contributed by atoms with E-state index in [1.165, 1.54) is 11.8 Å². The average molecular weight is 260 g/mol. The Labute approximate surface area is 105 Å². The molecule has 0 aliphatic carbocycles. The summed E-state index contributed by atoms with van der Waals surface area (Å²) in [6.07, 6.45) is 1.15. The highest BCUT2D eigenvalue weighted by atomic mass is 35.5. The van der Waals surface area contributed by atoms with Gasteiger partial charge in [0.1, 0.15) is 5.82 Å². The van der Waals surface area contributed by atoms with Gasteiger partial charge in [0.05, 0.1) is 0 Å². The lowest BCUT2D eigenvalue weighted by Gasteiger charge is -2.23. The van der Waals surface area contributed by atoms with Gasteiger partial charge in [-0.15, -0.1) is 0 Å². The highest BCUT2D eigenvalue weighted by Gasteiger charge is 2.27. The van der Waals surface area contributed by atoms with Crippen LogP contribution in [0.4, 0.5) is 4.39 Å². The molecule has 1 saturated heterocycles. The molecule has 1 heterocycles. The van der Waals surface area contributed by atoms with Gasteiger partial charge in [0, 0.05) is 16.6 Å². The maximum atomic E-state index is 13.8. The predicted molar refractivity (Wildman–Crippen MR) is 68.6 cm³/mol. The van der Waals surface area contributed by atoms with Crippen LogP contribution in [0.5, 0.6) is 0 Å². The van der Waals surface area contributed by atoms with Gasteiger partial charge in [0.15, 0.2) is 0 Å². The molecule has 1 fully saturated rings. The van der Waals surface area contributed by atoms with Gasteiger partial charge in [0.25, 0.3) is 0 Å². The molecular weight excluding hydrogens is 245 g/mol. The predicted octanol–water partition coefficient (Wildman–Crippen LogP) is 3.49. The van der Waals surface area contributed by atoms with E-state index < -0.39 is 0 Å². The number of benzene rings is 1. The number of hydrogen-bond donors (Lipinski definition) is 1. The second-order valence-corrected chi connectivity index (χ2v) is 5.64. The minimum Gasteiger partial charge on any atom is -0.313 e. The zero-order chi connectivity index (χ0) is 11.5. The fraction of sp³-hybridized carbons (Fsp3) is 0.500. The van der Waals surface area contributed by atoms with Gasteiger partial charge in [-0.25, -0.2) is 4.39 Å². The molecule has 2 unspecified atom stereocenters. The SMILES string of the molecule is CNC(c1ccc(Cl)cc1F)C1CCSC1. The van der Waals surface area contributed by atoms with Gasteiger partial charge in [-0.1, -0.05) is 17.7 Å². The average Bonchev–Trinajstić information content (AvgIpc) is 2.75. The largest absolute Gasteiger partial charge is 0.313 e. The van der Waals surface area contributed by atoms with Crippen LogP contribution in [0, 0.1) is 11.7 Å². The molecule has 1 aromatic carbocycles. The van der Waals surface area contributed by atoms with Crippen LogP contribution >= 0.6 is 23.4 Å². The van der Waals surface area contributed by atoms with Crippen molar-refractivity contribution in [3.8, 4) is 0 Å². The molecule has 0 bridgehead atoms. The highest BCUT2D eigenvalue weighted by molar-refractivity contribution is 7.99. The summed E-state index contributed by atoms with van der Waals surface area (Å²) in [5.41, 5.74) is 0.736. The Morgan fingerprint density at radius 1 is 1.56 bits per heavy atom. The molecule has 4 heteroatoms. The smallest absolute Gasteiger partial charge is 0.129 e. The third kappa shape index (κ3) is 2.53. The van der Waals surface area contributed by atoms with Crippen LogP contribution in [0.15, 0.2) is 18.2 Å². The fourth-order valence-corrected chi connectivity index (χ4v) is 3.67. The Balaban J connectivity index is 2.25. The zero-order valence-corrected chi connectivity index (χ0v) is 10.7. The van der Waals surface area contributed by atoms with Crippen LogP contribution < -0.4 is 5.32 Å². The van der Waals surface area contributed by atoms with Crippen molar-refractivity contribution in [2.45, 2.75) is 12.5 Å². The standard InChI is InChI=1S/C12H15ClFNS/c1-15-12(8-4-5-16-7-8)10-3-2-9(13)6-11(10)14/h2-3,6,8,12,15H,4-5,7H2,1H3. The van der Waals surface area contributed by atoms with Crippen molar-refractivity contribution in [2.24, 2.45) is 5.92 Å². The van der Waals surface area contributed by atoms with E-state index >= 15 is 0 Å². The van der Waals surface area contributed by atoms with Crippen LogP contribution in [0.2, 0.25) is 5.02 Å². The zero-order valence-electron chi connectivity index (χ0n) is 9.17. The van der Waals surface area contributed by atoms with Crippen LogP contribution in [0.25, 0.3) is 0 Å². The third-order valence-corrected chi connectivity index (χ3v) is 4.47. The molecule has 1 aliphatic rings. The Morgan fingerprint density at radius 2 is 2.38 bits per heavy atom. The summed E-state index contributed by atoms with van der Waals surface area (Å²) in [6, 6.07) is 5.05. The quantitative estimate of drug-likeness (QED) is 0.892. The first-order valence-electron chi connectivity index (χ1n) is 5.42. The Hall–Kier alpha value is -0.250. The molecule has 16 heavy (non-hydrogen) atoms. The van der Waals surface area contributed by atoms with Crippen molar-refractivity contribution in [2.75, 3.05) is 18.6 Å². The molecule has 1 N–H and O–H groups in total. The molecule has 1 aliphatic heterocycles. The number of rotatable bonds is 3. The monoisotopic (exact) mass is 259 g/mol. The van der Waals surface area contributed by atoms with Crippen molar-refractivity contribution in [3.05, 3.63) is 34.6 Å². The number of thioether (sulfide) groups is 1. The van der Waals surface area contributed by atoms with Crippen molar-refractivity contribution in [1.29, 1.82) is 0 Å². The highest BCUT2D eigenvalue weighted by Crippen LogP contribution is 2.35. The molecule has 0 spiro atoms. The van der Waals surface area contributed by atoms with Crippen molar-refractivity contribution in [1.82, 2.24) is 5.32 Å². The van der Waals surface area contributed by atoms with E-state index in [-0.39, 0.29) is 11.9 Å². The minimum atomic E-state index is -0.205. The lowest BCUT2D eigenvalue weighted by molar-refractivity contribution is 0.404. The molecule has 0 radical (unpaired) electrons. The summed E-state index contributed by atoms with van der Waals surface area (Å²) in [5, 5.41) is 3.68. The molecule has 88 valence electrons. The van der Waals surface area contributed by atoms with E-state index in [9.17, 15) is 4.39 Å². The molecule has 2 atom stereocenters. The Bertz CT molecular complexity index is 366. The van der Waals surface area contributed by atoms with E-state index in [0.29, 0.717) is 10.9 Å². The lowest BCUT2D eigenvalue weighted by atomic mass is 9.92. The lowest BCUT2D eigenvalue weighted by Crippen LogP contribution is -2.26. The molecule has 1 aromatic rings. The van der Waals surface area contributed by atoms with Crippen LogP contribution in [-0.2, 0) is 0 Å². The van der Waals surface area contributed by atoms with Crippen molar-refractivity contribution >= 4 is 23.4 Å². The first-order valence-corrected chi connectivity index (χ1v) is 6.95. The normalized spacial score (nSPS) is 22.3.